The van der Waals surface area contributed by atoms with Crippen molar-refractivity contribution in [2.45, 2.75) is 18.8 Å². The second-order valence-corrected chi connectivity index (χ2v) is 5.13. The van der Waals surface area contributed by atoms with E-state index in [1.165, 1.54) is 17.8 Å². The summed E-state index contributed by atoms with van der Waals surface area (Å²) < 4.78 is 0. The van der Waals surface area contributed by atoms with Gasteiger partial charge in [-0.3, -0.25) is 0 Å². The highest BCUT2D eigenvalue weighted by Crippen LogP contribution is 2.41. The van der Waals surface area contributed by atoms with Crippen molar-refractivity contribution in [2.75, 3.05) is 23.9 Å². The maximum Gasteiger partial charge on any atom is 0.205 e. The van der Waals surface area contributed by atoms with Gasteiger partial charge in [0.1, 0.15) is 5.01 Å². The molecule has 0 radical (unpaired) electrons. The summed E-state index contributed by atoms with van der Waals surface area (Å²) in [5, 5.41) is 13.7. The van der Waals surface area contributed by atoms with E-state index in [1.54, 1.807) is 11.3 Å². The molecule has 1 heterocycles. The summed E-state index contributed by atoms with van der Waals surface area (Å²) in [7, 11) is 0. The lowest BCUT2D eigenvalue weighted by Gasteiger charge is -1.97. The van der Waals surface area contributed by atoms with Crippen molar-refractivity contribution in [3.63, 3.8) is 0 Å². The van der Waals surface area contributed by atoms with Gasteiger partial charge in [-0.15, -0.1) is 10.2 Å². The molecule has 1 N–H and O–H groups in total. The third kappa shape index (κ3) is 2.57. The fourth-order valence-corrected chi connectivity index (χ4v) is 2.31. The first-order chi connectivity index (χ1) is 6.40. The predicted octanol–water partition coefficient (Wildman–Crippen LogP) is 2.19. The Morgan fingerprint density at radius 2 is 2.38 bits per heavy atom. The van der Waals surface area contributed by atoms with Crippen molar-refractivity contribution in [3.8, 4) is 0 Å². The van der Waals surface area contributed by atoms with E-state index in [0.717, 1.165) is 23.3 Å². The molecule has 2 rings (SSSR count). The van der Waals surface area contributed by atoms with Crippen molar-refractivity contribution in [1.82, 2.24) is 10.2 Å². The lowest BCUT2D eigenvalue weighted by atomic mass is 10.5. The summed E-state index contributed by atoms with van der Waals surface area (Å²) in [5.41, 5.74) is 0. The standard InChI is InChI=1S/C8H13N3S2/c1-12-5-4-9-8-11-10-7(13-8)6-2-3-6/h6H,2-5H2,1H3,(H,9,11). The lowest BCUT2D eigenvalue weighted by molar-refractivity contribution is 0.972. The Balaban J connectivity index is 1.82. The van der Waals surface area contributed by atoms with Crippen molar-refractivity contribution < 1.29 is 0 Å². The van der Waals surface area contributed by atoms with Gasteiger partial charge in [-0.2, -0.15) is 11.8 Å². The Morgan fingerprint density at radius 1 is 1.54 bits per heavy atom. The number of hydrogen-bond acceptors (Lipinski definition) is 5. The van der Waals surface area contributed by atoms with Crippen LogP contribution in [0, 0.1) is 0 Å². The fourth-order valence-electron chi connectivity index (χ4n) is 1.06. The molecule has 1 aromatic heterocycles. The van der Waals surface area contributed by atoms with E-state index < -0.39 is 0 Å². The highest BCUT2D eigenvalue weighted by atomic mass is 32.2. The number of hydrogen-bond donors (Lipinski definition) is 1. The van der Waals surface area contributed by atoms with Crippen LogP contribution in [-0.4, -0.2) is 28.8 Å². The van der Waals surface area contributed by atoms with Crippen molar-refractivity contribution in [2.24, 2.45) is 0 Å². The molecule has 13 heavy (non-hydrogen) atoms. The summed E-state index contributed by atoms with van der Waals surface area (Å²) in [5.74, 6) is 1.85. The zero-order valence-electron chi connectivity index (χ0n) is 7.62. The molecule has 1 saturated carbocycles. The van der Waals surface area contributed by atoms with Crippen LogP contribution in [0.3, 0.4) is 0 Å². The Bertz CT molecular complexity index is 270. The van der Waals surface area contributed by atoms with Crippen LogP contribution in [0.15, 0.2) is 0 Å². The van der Waals surface area contributed by atoms with Crippen LogP contribution in [0.4, 0.5) is 5.13 Å². The molecule has 3 nitrogen and oxygen atoms in total. The van der Waals surface area contributed by atoms with E-state index in [1.807, 2.05) is 11.8 Å². The van der Waals surface area contributed by atoms with Gasteiger partial charge in [-0.25, -0.2) is 0 Å². The van der Waals surface area contributed by atoms with Gasteiger partial charge in [0.15, 0.2) is 0 Å². The van der Waals surface area contributed by atoms with E-state index in [0.29, 0.717) is 0 Å². The molecule has 5 heteroatoms. The molecule has 1 aromatic rings. The number of anilines is 1. The minimum atomic E-state index is 0.730. The number of thioether (sulfide) groups is 1. The zero-order valence-corrected chi connectivity index (χ0v) is 9.25. The summed E-state index contributed by atoms with van der Waals surface area (Å²) in [6, 6.07) is 0. The summed E-state index contributed by atoms with van der Waals surface area (Å²) in [6.07, 6.45) is 4.72. The quantitative estimate of drug-likeness (QED) is 0.764. The molecule has 0 aromatic carbocycles. The Labute approximate surface area is 86.3 Å². The maximum atomic E-state index is 4.16. The minimum absolute atomic E-state index is 0.730. The molecule has 0 spiro atoms. The third-order valence-corrected chi connectivity index (χ3v) is 3.61. The number of aromatic nitrogens is 2. The SMILES string of the molecule is CSCCNc1nnc(C2CC2)s1. The van der Waals surface area contributed by atoms with E-state index in [2.05, 4.69) is 21.8 Å². The lowest BCUT2D eigenvalue weighted by Crippen LogP contribution is -2.02. The Kier molecular flexibility index (Phi) is 3.05. The summed E-state index contributed by atoms with van der Waals surface area (Å²) in [4.78, 5) is 0. The molecule has 1 aliphatic rings. The van der Waals surface area contributed by atoms with Crippen LogP contribution >= 0.6 is 23.1 Å². The monoisotopic (exact) mass is 215 g/mol. The van der Waals surface area contributed by atoms with Crippen LogP contribution in [0.2, 0.25) is 0 Å². The minimum Gasteiger partial charge on any atom is -0.359 e. The van der Waals surface area contributed by atoms with Crippen LogP contribution in [-0.2, 0) is 0 Å². The van der Waals surface area contributed by atoms with Gasteiger partial charge >= 0.3 is 0 Å². The number of nitrogens with zero attached hydrogens (tertiary/aromatic N) is 2. The number of nitrogens with one attached hydrogen (secondary N) is 1. The molecule has 0 aliphatic heterocycles. The van der Waals surface area contributed by atoms with Crippen molar-refractivity contribution in [1.29, 1.82) is 0 Å². The molecule has 0 bridgehead atoms. The molecule has 0 atom stereocenters. The molecule has 0 saturated heterocycles. The summed E-state index contributed by atoms with van der Waals surface area (Å²) in [6.45, 7) is 0.987. The molecule has 0 amide bonds. The zero-order chi connectivity index (χ0) is 9.10. The van der Waals surface area contributed by atoms with Gasteiger partial charge in [-0.05, 0) is 19.1 Å². The van der Waals surface area contributed by atoms with E-state index in [-0.39, 0.29) is 0 Å². The fraction of sp³-hybridized carbons (Fsp3) is 0.750. The second-order valence-electron chi connectivity index (χ2n) is 3.14. The number of rotatable bonds is 5. The van der Waals surface area contributed by atoms with E-state index >= 15 is 0 Å². The molecular formula is C8H13N3S2. The molecule has 1 fully saturated rings. The normalized spacial score (nSPS) is 16.1. The van der Waals surface area contributed by atoms with Crippen LogP contribution in [0.1, 0.15) is 23.8 Å². The highest BCUT2D eigenvalue weighted by molar-refractivity contribution is 7.98. The van der Waals surface area contributed by atoms with Crippen molar-refractivity contribution in [3.05, 3.63) is 5.01 Å². The first-order valence-corrected chi connectivity index (χ1v) is 6.67. The van der Waals surface area contributed by atoms with E-state index in [4.69, 9.17) is 0 Å². The highest BCUT2D eigenvalue weighted by Gasteiger charge is 2.27. The van der Waals surface area contributed by atoms with Gasteiger partial charge in [0.25, 0.3) is 0 Å². The Hall–Kier alpha value is -0.290. The van der Waals surface area contributed by atoms with Gasteiger partial charge in [0.2, 0.25) is 5.13 Å². The van der Waals surface area contributed by atoms with Gasteiger partial charge in [0, 0.05) is 18.2 Å². The van der Waals surface area contributed by atoms with Gasteiger partial charge in [-0.1, -0.05) is 11.3 Å². The third-order valence-electron chi connectivity index (χ3n) is 1.95. The van der Waals surface area contributed by atoms with Crippen LogP contribution < -0.4 is 5.32 Å². The first-order valence-electron chi connectivity index (χ1n) is 4.46. The first kappa shape index (κ1) is 9.27. The van der Waals surface area contributed by atoms with Gasteiger partial charge in [0.05, 0.1) is 0 Å². The van der Waals surface area contributed by atoms with Gasteiger partial charge < -0.3 is 5.32 Å². The molecule has 1 aliphatic carbocycles. The summed E-state index contributed by atoms with van der Waals surface area (Å²) >= 11 is 3.55. The maximum absolute atomic E-state index is 4.16. The average Bonchev–Trinajstić information content (AvgIpc) is 2.88. The average molecular weight is 215 g/mol. The molecule has 72 valence electrons. The predicted molar refractivity (Wildman–Crippen MR) is 58.8 cm³/mol. The van der Waals surface area contributed by atoms with Crippen LogP contribution in [0.25, 0.3) is 0 Å². The smallest absolute Gasteiger partial charge is 0.205 e. The second kappa shape index (κ2) is 4.28. The Morgan fingerprint density at radius 3 is 3.08 bits per heavy atom. The molecule has 0 unspecified atom stereocenters. The van der Waals surface area contributed by atoms with E-state index in [9.17, 15) is 0 Å². The molecular weight excluding hydrogens is 202 g/mol. The van der Waals surface area contributed by atoms with Crippen LogP contribution in [0.5, 0.6) is 0 Å². The topological polar surface area (TPSA) is 37.8 Å². The van der Waals surface area contributed by atoms with Crippen molar-refractivity contribution >= 4 is 28.2 Å². The largest absolute Gasteiger partial charge is 0.359 e.